The number of benzene rings is 2. The Balaban J connectivity index is -0.000000175. The molecule has 0 aromatic heterocycles. The van der Waals surface area contributed by atoms with Gasteiger partial charge in [-0.1, -0.05) is 0 Å². The fraction of sp³-hybridized carbons (Fsp3) is 0.500. The molecule has 0 unspecified atom stereocenters. The Labute approximate surface area is 269 Å². The van der Waals surface area contributed by atoms with Gasteiger partial charge in [-0.3, -0.25) is 0 Å². The average Bonchev–Trinajstić information content (AvgIpc) is 2.83. The Kier molecular flexibility index (Phi) is 32.8. The van der Waals surface area contributed by atoms with Crippen molar-refractivity contribution in [3.05, 3.63) is 34.2 Å². The molecule has 0 radical (unpaired) electrons. The van der Waals surface area contributed by atoms with Crippen LogP contribution >= 0.6 is 0 Å². The van der Waals surface area contributed by atoms with Gasteiger partial charge in [0.25, 0.3) is 0 Å². The van der Waals surface area contributed by atoms with Gasteiger partial charge in [-0.25, -0.2) is 0 Å². The van der Waals surface area contributed by atoms with Crippen molar-refractivity contribution in [3.63, 3.8) is 0 Å². The van der Waals surface area contributed by atoms with Gasteiger partial charge >= 0.3 is 30.9 Å². The van der Waals surface area contributed by atoms with E-state index in [9.17, 15) is 0 Å². The molecule has 0 aliphatic heterocycles. The maximum Gasteiger partial charge on any atom is 2.00 e. The Morgan fingerprint density at radius 3 is 1.05 bits per heavy atom. The van der Waals surface area contributed by atoms with E-state index >= 15 is 0 Å². The standard InChI is InChI=1S/2C12H18N3O2.4ClH.Zn/c2*1-4-14-9-7-12(17-6-3)10(15-13)8-11(9)16-5-2;;;;;/h2*7-8,14H,4-6H2,1-3H3;4*1H;/q2*+1;;;;;+2/p-4. The third-order valence-corrected chi connectivity index (χ3v) is 4.27. The number of nitrogens with one attached hydrogen (secondary N) is 2. The summed E-state index contributed by atoms with van der Waals surface area (Å²) in [6, 6.07) is 6.89. The van der Waals surface area contributed by atoms with Crippen LogP contribution in [0.3, 0.4) is 0 Å². The number of hydrogen-bond donors (Lipinski definition) is 2. The molecule has 0 spiro atoms. The second kappa shape index (κ2) is 27.4. The summed E-state index contributed by atoms with van der Waals surface area (Å²) < 4.78 is 21.7. The molecule has 10 nitrogen and oxygen atoms in total. The van der Waals surface area contributed by atoms with E-state index in [0.717, 1.165) is 24.5 Å². The quantitative estimate of drug-likeness (QED) is 0.169. The molecule has 0 heterocycles. The molecule has 0 aliphatic carbocycles. The zero-order chi connectivity index (χ0) is 25.3. The van der Waals surface area contributed by atoms with Crippen LogP contribution in [0.15, 0.2) is 24.3 Å². The number of rotatable bonds is 12. The van der Waals surface area contributed by atoms with Gasteiger partial charge in [0.05, 0.1) is 49.9 Å². The van der Waals surface area contributed by atoms with Gasteiger partial charge < -0.3 is 79.2 Å². The van der Waals surface area contributed by atoms with Gasteiger partial charge in [0, 0.05) is 25.2 Å². The van der Waals surface area contributed by atoms with Crippen LogP contribution in [0.25, 0.3) is 9.95 Å². The van der Waals surface area contributed by atoms with Crippen molar-refractivity contribution in [2.45, 2.75) is 41.5 Å². The Morgan fingerprint density at radius 2 is 0.821 bits per heavy atom. The molecule has 15 heteroatoms. The monoisotopic (exact) mass is 676 g/mol. The van der Waals surface area contributed by atoms with E-state index in [2.05, 4.69) is 20.6 Å². The van der Waals surface area contributed by atoms with Gasteiger partial charge in [0.1, 0.15) is 0 Å². The van der Waals surface area contributed by atoms with Crippen LogP contribution in [0, 0.1) is 10.8 Å². The predicted octanol–water partition coefficient (Wildman–Crippen LogP) is -5.19. The second-order valence-electron chi connectivity index (χ2n) is 6.62. The summed E-state index contributed by atoms with van der Waals surface area (Å²) in [4.78, 5) is 6.40. The molecule has 0 aliphatic rings. The summed E-state index contributed by atoms with van der Waals surface area (Å²) in [5.74, 6) is 2.39. The molecule has 2 rings (SSSR count). The van der Waals surface area contributed by atoms with Crippen molar-refractivity contribution in [1.29, 1.82) is 10.8 Å². The van der Waals surface area contributed by atoms with Gasteiger partial charge in [-0.2, -0.15) is 0 Å². The van der Waals surface area contributed by atoms with Crippen molar-refractivity contribution in [2.75, 3.05) is 50.2 Å². The molecule has 2 aromatic carbocycles. The van der Waals surface area contributed by atoms with Crippen LogP contribution in [0.4, 0.5) is 22.7 Å². The molecule has 0 fully saturated rings. The predicted molar refractivity (Wildman–Crippen MR) is 135 cm³/mol. The molecule has 39 heavy (non-hydrogen) atoms. The molecule has 2 aromatic rings. The van der Waals surface area contributed by atoms with Crippen molar-refractivity contribution >= 4 is 22.7 Å². The maximum absolute atomic E-state index is 8.93. The van der Waals surface area contributed by atoms with Crippen LogP contribution in [-0.2, 0) is 19.5 Å². The van der Waals surface area contributed by atoms with Crippen LogP contribution in [0.1, 0.15) is 41.5 Å². The third-order valence-electron chi connectivity index (χ3n) is 4.27. The fourth-order valence-corrected chi connectivity index (χ4v) is 3.00. The van der Waals surface area contributed by atoms with Gasteiger partial charge in [0.2, 0.25) is 22.3 Å². The van der Waals surface area contributed by atoms with E-state index in [-0.39, 0.29) is 69.1 Å². The Morgan fingerprint density at radius 1 is 0.538 bits per heavy atom. The first-order chi connectivity index (χ1) is 16.5. The molecule has 2 N–H and O–H groups in total. The van der Waals surface area contributed by atoms with Crippen molar-refractivity contribution in [3.8, 4) is 23.0 Å². The van der Waals surface area contributed by atoms with Gasteiger partial charge in [0.15, 0.2) is 21.5 Å². The minimum Gasteiger partial charge on any atom is -1.00 e. The summed E-state index contributed by atoms with van der Waals surface area (Å²) in [6.07, 6.45) is 0. The molecule has 0 saturated carbocycles. The fourth-order valence-electron chi connectivity index (χ4n) is 3.00. The number of anilines is 2. The van der Waals surface area contributed by atoms with Crippen LogP contribution in [0.2, 0.25) is 0 Å². The summed E-state index contributed by atoms with van der Waals surface area (Å²) >= 11 is 0. The summed E-state index contributed by atoms with van der Waals surface area (Å²) in [5, 5.41) is 24.2. The normalized spacial score (nSPS) is 8.31. The van der Waals surface area contributed by atoms with E-state index in [4.69, 9.17) is 29.7 Å². The van der Waals surface area contributed by atoms with Crippen LogP contribution in [-0.4, -0.2) is 39.5 Å². The topological polar surface area (TPSA) is 117 Å². The first-order valence-corrected chi connectivity index (χ1v) is 11.6. The number of hydrogen-bond acceptors (Lipinski definition) is 8. The number of ether oxygens (including phenoxy) is 4. The smallest absolute Gasteiger partial charge is 1.00 e. The number of nitrogens with zero attached hydrogens (tertiary/aromatic N) is 4. The van der Waals surface area contributed by atoms with Gasteiger partial charge in [-0.05, 0) is 41.5 Å². The van der Waals surface area contributed by atoms with Crippen molar-refractivity contribution in [2.24, 2.45) is 0 Å². The average molecular weight is 680 g/mol. The first-order valence-electron chi connectivity index (χ1n) is 11.6. The van der Waals surface area contributed by atoms with E-state index in [1.54, 1.807) is 24.3 Å². The SMILES string of the molecule is CCNc1cc(OCC)c([N+]#N)cc1OCC.CCNc1cc(OCC)c([N+]#N)cc1OCC.[Cl-].[Cl-].[Cl-].[Cl-].[Zn+2]. The molecule has 0 amide bonds. The molecule has 0 atom stereocenters. The first kappa shape index (κ1) is 46.7. The molecule has 0 bridgehead atoms. The third kappa shape index (κ3) is 15.3. The molecular weight excluding hydrogens is 644 g/mol. The van der Waals surface area contributed by atoms with E-state index in [0.29, 0.717) is 60.8 Å². The van der Waals surface area contributed by atoms with E-state index in [1.165, 1.54) is 0 Å². The molecule has 216 valence electrons. The van der Waals surface area contributed by atoms with Crippen LogP contribution < -0.4 is 79.2 Å². The summed E-state index contributed by atoms with van der Waals surface area (Å²) in [6.45, 7) is 15.3. The second-order valence-corrected chi connectivity index (χ2v) is 6.62. The molecular formula is C24H36Cl4N6O4Zn. The Bertz CT molecular complexity index is 931. The minimum absolute atomic E-state index is 0. The van der Waals surface area contributed by atoms with Crippen molar-refractivity contribution < 1.29 is 88.1 Å². The maximum atomic E-state index is 8.93. The van der Waals surface area contributed by atoms with Gasteiger partial charge in [-0.15, -0.1) is 0 Å². The number of diazo groups is 2. The Hall–Kier alpha value is -2.14. The van der Waals surface area contributed by atoms with Crippen LogP contribution in [0.5, 0.6) is 23.0 Å². The van der Waals surface area contributed by atoms with E-state index in [1.807, 2.05) is 41.5 Å². The summed E-state index contributed by atoms with van der Waals surface area (Å²) in [5.41, 5.74) is 2.42. The van der Waals surface area contributed by atoms with Crippen molar-refractivity contribution in [1.82, 2.24) is 0 Å². The number of halogens is 4. The molecule has 0 saturated heterocycles. The minimum atomic E-state index is 0. The summed E-state index contributed by atoms with van der Waals surface area (Å²) in [7, 11) is 0. The zero-order valence-corrected chi connectivity index (χ0v) is 29.2. The van der Waals surface area contributed by atoms with E-state index < -0.39 is 0 Å². The zero-order valence-electron chi connectivity index (χ0n) is 23.2. The largest absolute Gasteiger partial charge is 2.00 e.